The molecule has 150 valence electrons. The molecule has 0 aromatic carbocycles. The fourth-order valence-corrected chi connectivity index (χ4v) is 4.12. The summed E-state index contributed by atoms with van der Waals surface area (Å²) in [5.74, 6) is 1.23. The molecule has 1 aliphatic carbocycles. The quantitative estimate of drug-likeness (QED) is 0.299. The molecule has 0 amide bonds. The van der Waals surface area contributed by atoms with Gasteiger partial charge in [0.15, 0.2) is 5.96 Å². The van der Waals surface area contributed by atoms with Crippen LogP contribution in [0.2, 0.25) is 0 Å². The van der Waals surface area contributed by atoms with E-state index in [0.29, 0.717) is 25.0 Å². The van der Waals surface area contributed by atoms with Gasteiger partial charge in [-0.25, -0.2) is 18.1 Å². The first-order valence-corrected chi connectivity index (χ1v) is 11.3. The van der Waals surface area contributed by atoms with Crippen LogP contribution in [-0.4, -0.2) is 56.7 Å². The van der Waals surface area contributed by atoms with E-state index in [0.717, 1.165) is 30.1 Å². The van der Waals surface area contributed by atoms with Crippen LogP contribution in [0.4, 0.5) is 0 Å². The first-order chi connectivity index (χ1) is 11.9. The number of aryl methyl sites for hydroxylation is 1. The van der Waals surface area contributed by atoms with E-state index in [9.17, 15) is 8.42 Å². The lowest BCUT2D eigenvalue weighted by molar-refractivity contribution is 0.316. The Labute approximate surface area is 178 Å². The van der Waals surface area contributed by atoms with Crippen molar-refractivity contribution < 1.29 is 8.42 Å². The second-order valence-corrected chi connectivity index (χ2v) is 9.40. The number of sulfonamides is 1. The molecule has 1 aromatic rings. The molecule has 1 fully saturated rings. The molecule has 0 radical (unpaired) electrons. The highest BCUT2D eigenvalue weighted by molar-refractivity contribution is 14.0. The van der Waals surface area contributed by atoms with Crippen LogP contribution in [0, 0.1) is 12.8 Å². The zero-order valence-corrected chi connectivity index (χ0v) is 19.7. The highest BCUT2D eigenvalue weighted by Gasteiger charge is 2.20. The zero-order chi connectivity index (χ0) is 18.3. The summed E-state index contributed by atoms with van der Waals surface area (Å²) < 4.78 is 26.8. The van der Waals surface area contributed by atoms with Crippen molar-refractivity contribution in [2.75, 3.05) is 32.4 Å². The lowest BCUT2D eigenvalue weighted by Gasteiger charge is -2.25. The molecule has 7 nitrogen and oxygen atoms in total. The van der Waals surface area contributed by atoms with Crippen LogP contribution in [-0.2, 0) is 16.6 Å². The van der Waals surface area contributed by atoms with Gasteiger partial charge in [-0.2, -0.15) is 0 Å². The second kappa shape index (κ2) is 11.4. The minimum atomic E-state index is -3.26. The van der Waals surface area contributed by atoms with Crippen LogP contribution in [0.1, 0.15) is 36.9 Å². The number of thiazole rings is 1. The average Bonchev–Trinajstić information content (AvgIpc) is 2.89. The summed E-state index contributed by atoms with van der Waals surface area (Å²) in [4.78, 5) is 10.9. The second-order valence-electron chi connectivity index (χ2n) is 6.41. The van der Waals surface area contributed by atoms with Crippen LogP contribution >= 0.6 is 35.3 Å². The fraction of sp³-hybridized carbons (Fsp3) is 0.750. The van der Waals surface area contributed by atoms with E-state index >= 15 is 0 Å². The van der Waals surface area contributed by atoms with Crippen molar-refractivity contribution >= 4 is 51.3 Å². The molecule has 0 spiro atoms. The molecule has 10 heteroatoms. The van der Waals surface area contributed by atoms with Crippen molar-refractivity contribution in [3.05, 3.63) is 16.1 Å². The molecular weight excluding hydrogens is 485 g/mol. The van der Waals surface area contributed by atoms with Crippen LogP contribution < -0.4 is 10.0 Å². The molecule has 2 rings (SSSR count). The van der Waals surface area contributed by atoms with E-state index < -0.39 is 10.0 Å². The van der Waals surface area contributed by atoms with E-state index in [1.165, 1.54) is 6.42 Å². The molecular formula is C16H30IN5O2S2. The maximum atomic E-state index is 12.1. The number of nitrogens with one attached hydrogen (secondary N) is 2. The number of aliphatic imine (C=N–C) groups is 1. The largest absolute Gasteiger partial charge is 0.357 e. The van der Waals surface area contributed by atoms with Gasteiger partial charge in [0.2, 0.25) is 10.0 Å². The van der Waals surface area contributed by atoms with Crippen LogP contribution in [0.15, 0.2) is 10.4 Å². The Morgan fingerprint density at radius 1 is 1.46 bits per heavy atom. The standard InChI is InChI=1S/C16H29N5O2S2.HI/c1-4-17-16(21(3)11-15-12-24-13(2)20-15)18-8-9-25(22,23)19-10-14-6-5-7-14;/h12,14,19H,4-11H2,1-3H3,(H,17,18);1H. The third-order valence-corrected chi connectivity index (χ3v) is 6.35. The Balaban J connectivity index is 0.00000338. The van der Waals surface area contributed by atoms with Crippen LogP contribution in [0.3, 0.4) is 0 Å². The van der Waals surface area contributed by atoms with Gasteiger partial charge >= 0.3 is 0 Å². The summed E-state index contributed by atoms with van der Waals surface area (Å²) >= 11 is 1.62. The summed E-state index contributed by atoms with van der Waals surface area (Å²) in [6.45, 7) is 6.15. The predicted octanol–water partition coefficient (Wildman–Crippen LogP) is 2.19. The Hall–Kier alpha value is -0.460. The van der Waals surface area contributed by atoms with Gasteiger partial charge in [0.1, 0.15) is 0 Å². The fourth-order valence-electron chi connectivity index (χ4n) is 2.55. The monoisotopic (exact) mass is 515 g/mol. The average molecular weight is 515 g/mol. The highest BCUT2D eigenvalue weighted by Crippen LogP contribution is 2.25. The molecule has 1 heterocycles. The van der Waals surface area contributed by atoms with Gasteiger partial charge in [0, 0.05) is 25.5 Å². The molecule has 0 atom stereocenters. The van der Waals surface area contributed by atoms with Gasteiger partial charge in [-0.3, -0.25) is 4.99 Å². The van der Waals surface area contributed by atoms with E-state index in [2.05, 4.69) is 20.0 Å². The summed E-state index contributed by atoms with van der Waals surface area (Å²) in [6, 6.07) is 0. The van der Waals surface area contributed by atoms with Gasteiger partial charge < -0.3 is 10.2 Å². The summed E-state index contributed by atoms with van der Waals surface area (Å²) in [5, 5.41) is 6.27. The number of hydrogen-bond acceptors (Lipinski definition) is 5. The van der Waals surface area contributed by atoms with Crippen molar-refractivity contribution in [2.45, 2.75) is 39.7 Å². The van der Waals surface area contributed by atoms with Crippen molar-refractivity contribution in [1.29, 1.82) is 0 Å². The summed E-state index contributed by atoms with van der Waals surface area (Å²) in [7, 11) is -1.33. The van der Waals surface area contributed by atoms with Gasteiger partial charge in [0.25, 0.3) is 0 Å². The number of aromatic nitrogens is 1. The molecule has 0 unspecified atom stereocenters. The SMILES string of the molecule is CCNC(=NCCS(=O)(=O)NCC1CCC1)N(C)Cc1csc(C)n1.I. The van der Waals surface area contributed by atoms with Crippen molar-refractivity contribution in [2.24, 2.45) is 10.9 Å². The zero-order valence-electron chi connectivity index (χ0n) is 15.7. The van der Waals surface area contributed by atoms with Crippen molar-refractivity contribution in [3.63, 3.8) is 0 Å². The first-order valence-electron chi connectivity index (χ1n) is 8.77. The smallest absolute Gasteiger partial charge is 0.213 e. The third-order valence-electron chi connectivity index (χ3n) is 4.20. The molecule has 1 aliphatic rings. The van der Waals surface area contributed by atoms with E-state index in [1.807, 2.05) is 31.2 Å². The Bertz CT molecular complexity index is 674. The van der Waals surface area contributed by atoms with E-state index in [-0.39, 0.29) is 36.3 Å². The molecule has 1 saturated carbocycles. The Morgan fingerprint density at radius 2 is 2.19 bits per heavy atom. The lowest BCUT2D eigenvalue weighted by atomic mass is 9.86. The third kappa shape index (κ3) is 8.05. The summed E-state index contributed by atoms with van der Waals surface area (Å²) in [6.07, 6.45) is 3.48. The number of hydrogen-bond donors (Lipinski definition) is 2. The minimum absolute atomic E-state index is 0. The molecule has 0 saturated heterocycles. The minimum Gasteiger partial charge on any atom is -0.357 e. The molecule has 0 bridgehead atoms. The maximum absolute atomic E-state index is 12.1. The van der Waals surface area contributed by atoms with E-state index in [4.69, 9.17) is 0 Å². The number of rotatable bonds is 9. The van der Waals surface area contributed by atoms with Gasteiger partial charge in [-0.15, -0.1) is 35.3 Å². The van der Waals surface area contributed by atoms with Crippen LogP contribution in [0.25, 0.3) is 0 Å². The highest BCUT2D eigenvalue weighted by atomic mass is 127. The maximum Gasteiger partial charge on any atom is 0.213 e. The predicted molar refractivity (Wildman–Crippen MR) is 119 cm³/mol. The molecule has 2 N–H and O–H groups in total. The lowest BCUT2D eigenvalue weighted by Crippen LogP contribution is -2.39. The molecule has 26 heavy (non-hydrogen) atoms. The topological polar surface area (TPSA) is 86.7 Å². The Kier molecular flexibility index (Phi) is 10.3. The number of nitrogens with zero attached hydrogens (tertiary/aromatic N) is 3. The summed E-state index contributed by atoms with van der Waals surface area (Å²) in [5.41, 5.74) is 0.991. The van der Waals surface area contributed by atoms with Gasteiger partial charge in [-0.1, -0.05) is 6.42 Å². The van der Waals surface area contributed by atoms with E-state index in [1.54, 1.807) is 11.3 Å². The van der Waals surface area contributed by atoms with Crippen molar-refractivity contribution in [1.82, 2.24) is 19.9 Å². The number of halogens is 1. The van der Waals surface area contributed by atoms with Gasteiger partial charge in [-0.05, 0) is 32.6 Å². The normalized spacial score (nSPS) is 15.3. The molecule has 0 aliphatic heterocycles. The molecule has 1 aromatic heterocycles. The Morgan fingerprint density at radius 3 is 2.73 bits per heavy atom. The van der Waals surface area contributed by atoms with Crippen molar-refractivity contribution in [3.8, 4) is 0 Å². The first kappa shape index (κ1) is 23.6. The van der Waals surface area contributed by atoms with Gasteiger partial charge in [0.05, 0.1) is 29.5 Å². The van der Waals surface area contributed by atoms with Crippen LogP contribution in [0.5, 0.6) is 0 Å². The number of guanidine groups is 1.